The molecule has 0 fully saturated rings. The summed E-state index contributed by atoms with van der Waals surface area (Å²) in [7, 11) is -3.65. The van der Waals surface area contributed by atoms with Gasteiger partial charge in [0.2, 0.25) is 15.9 Å². The van der Waals surface area contributed by atoms with Gasteiger partial charge in [0.05, 0.1) is 11.4 Å². The van der Waals surface area contributed by atoms with Crippen LogP contribution in [-0.2, 0) is 20.2 Å². The number of hydrogen-bond acceptors (Lipinski definition) is 4. The molecule has 0 saturated carbocycles. The van der Waals surface area contributed by atoms with Crippen molar-refractivity contribution in [2.24, 2.45) is 0 Å². The van der Waals surface area contributed by atoms with Gasteiger partial charge in [-0.15, -0.1) is 0 Å². The van der Waals surface area contributed by atoms with Crippen LogP contribution in [0.4, 0.5) is 0 Å². The molecule has 2 aromatic rings. The van der Waals surface area contributed by atoms with Crippen LogP contribution in [-0.4, -0.2) is 39.9 Å². The number of nitrogens with one attached hydrogen (secondary N) is 3. The van der Waals surface area contributed by atoms with E-state index in [0.29, 0.717) is 5.56 Å². The second kappa shape index (κ2) is 9.67. The van der Waals surface area contributed by atoms with Gasteiger partial charge in [-0.2, -0.15) is 0 Å². The molecule has 156 valence electrons. The minimum atomic E-state index is -3.65. The molecule has 0 spiro atoms. The van der Waals surface area contributed by atoms with Crippen molar-refractivity contribution in [1.29, 1.82) is 0 Å². The van der Waals surface area contributed by atoms with Crippen molar-refractivity contribution in [2.75, 3.05) is 19.6 Å². The minimum Gasteiger partial charge on any atom is -0.353 e. The Morgan fingerprint density at radius 1 is 0.862 bits per heavy atom. The van der Waals surface area contributed by atoms with Crippen molar-refractivity contribution in [2.45, 2.75) is 31.1 Å². The molecule has 0 atom stereocenters. The molecule has 2 aromatic carbocycles. The van der Waals surface area contributed by atoms with Crippen molar-refractivity contribution >= 4 is 21.8 Å². The van der Waals surface area contributed by atoms with Crippen LogP contribution < -0.4 is 15.4 Å². The summed E-state index contributed by atoms with van der Waals surface area (Å²) in [5, 5.41) is 5.07. The van der Waals surface area contributed by atoms with Gasteiger partial charge in [0.15, 0.2) is 0 Å². The molecule has 0 aliphatic rings. The Labute approximate surface area is 172 Å². The van der Waals surface area contributed by atoms with Gasteiger partial charge in [-0.1, -0.05) is 51.1 Å². The van der Waals surface area contributed by atoms with Gasteiger partial charge in [0, 0.05) is 18.7 Å². The van der Waals surface area contributed by atoms with E-state index in [2.05, 4.69) is 36.1 Å². The van der Waals surface area contributed by atoms with Crippen molar-refractivity contribution < 1.29 is 18.0 Å². The minimum absolute atomic E-state index is 0.0434. The summed E-state index contributed by atoms with van der Waals surface area (Å²) in [5.41, 5.74) is 1.45. The van der Waals surface area contributed by atoms with Crippen LogP contribution in [0.15, 0.2) is 59.5 Å². The predicted octanol–water partition coefficient (Wildman–Crippen LogP) is 1.81. The van der Waals surface area contributed by atoms with Crippen molar-refractivity contribution in [3.05, 3.63) is 65.7 Å². The molecule has 7 nitrogen and oxygen atoms in total. The summed E-state index contributed by atoms with van der Waals surface area (Å²) >= 11 is 0. The number of carbonyl (C=O) groups excluding carboxylic acids is 2. The van der Waals surface area contributed by atoms with Crippen LogP contribution in [0.3, 0.4) is 0 Å². The summed E-state index contributed by atoms with van der Waals surface area (Å²) < 4.78 is 27.1. The average molecular weight is 418 g/mol. The van der Waals surface area contributed by atoms with Gasteiger partial charge in [0.25, 0.3) is 5.91 Å². The largest absolute Gasteiger partial charge is 0.353 e. The molecule has 0 bridgehead atoms. The van der Waals surface area contributed by atoms with Gasteiger partial charge >= 0.3 is 0 Å². The number of sulfonamides is 1. The molecule has 2 amide bonds. The monoisotopic (exact) mass is 417 g/mol. The molecule has 0 heterocycles. The molecule has 0 aromatic heterocycles. The Kier molecular flexibility index (Phi) is 7.53. The lowest BCUT2D eigenvalue weighted by Gasteiger charge is -2.19. The molecule has 3 N–H and O–H groups in total. The zero-order valence-electron chi connectivity index (χ0n) is 16.9. The van der Waals surface area contributed by atoms with Gasteiger partial charge in [0.1, 0.15) is 0 Å². The Morgan fingerprint density at radius 2 is 1.48 bits per heavy atom. The standard InChI is InChI=1S/C21H27N3O4S/c1-21(2,3)17-9-11-18(12-10-17)29(27,28)24-14-13-22-19(25)15-23-20(26)16-7-5-4-6-8-16/h4-12,24H,13-15H2,1-3H3,(H,22,25)(H,23,26). The fourth-order valence-corrected chi connectivity index (χ4v) is 3.55. The number of amides is 2. The second-order valence-electron chi connectivity index (χ2n) is 7.57. The highest BCUT2D eigenvalue weighted by atomic mass is 32.2. The molecular formula is C21H27N3O4S. The highest BCUT2D eigenvalue weighted by Crippen LogP contribution is 2.23. The lowest BCUT2D eigenvalue weighted by molar-refractivity contribution is -0.120. The lowest BCUT2D eigenvalue weighted by atomic mass is 9.87. The van der Waals surface area contributed by atoms with E-state index in [1.807, 2.05) is 0 Å². The number of carbonyl (C=O) groups is 2. The van der Waals surface area contributed by atoms with E-state index in [9.17, 15) is 18.0 Å². The van der Waals surface area contributed by atoms with E-state index >= 15 is 0 Å². The summed E-state index contributed by atoms with van der Waals surface area (Å²) in [6, 6.07) is 15.3. The first-order valence-corrected chi connectivity index (χ1v) is 10.8. The first kappa shape index (κ1) is 22.6. The highest BCUT2D eigenvalue weighted by molar-refractivity contribution is 7.89. The van der Waals surface area contributed by atoms with E-state index in [4.69, 9.17) is 0 Å². The van der Waals surface area contributed by atoms with Crippen LogP contribution >= 0.6 is 0 Å². The number of rotatable bonds is 8. The SMILES string of the molecule is CC(C)(C)c1ccc(S(=O)(=O)NCCNC(=O)CNC(=O)c2ccccc2)cc1. The van der Waals surface area contributed by atoms with Crippen molar-refractivity contribution in [1.82, 2.24) is 15.4 Å². The zero-order chi connectivity index (χ0) is 21.5. The van der Waals surface area contributed by atoms with E-state index in [-0.39, 0.29) is 35.9 Å². The summed E-state index contributed by atoms with van der Waals surface area (Å²) in [6.07, 6.45) is 0. The van der Waals surface area contributed by atoms with Gasteiger partial charge < -0.3 is 10.6 Å². The molecule has 0 radical (unpaired) electrons. The van der Waals surface area contributed by atoms with Crippen LogP contribution in [0.5, 0.6) is 0 Å². The maximum Gasteiger partial charge on any atom is 0.251 e. The smallest absolute Gasteiger partial charge is 0.251 e. The fourth-order valence-electron chi connectivity index (χ4n) is 2.52. The summed E-state index contributed by atoms with van der Waals surface area (Å²) in [4.78, 5) is 23.8. The van der Waals surface area contributed by atoms with Crippen LogP contribution in [0.1, 0.15) is 36.7 Å². The fraction of sp³-hybridized carbons (Fsp3) is 0.333. The van der Waals surface area contributed by atoms with Crippen LogP contribution in [0, 0.1) is 0 Å². The predicted molar refractivity (Wildman–Crippen MR) is 112 cm³/mol. The van der Waals surface area contributed by atoms with Gasteiger partial charge in [-0.3, -0.25) is 9.59 Å². The molecule has 0 aliphatic carbocycles. The third-order valence-corrected chi connectivity index (χ3v) is 5.69. The first-order chi connectivity index (χ1) is 13.6. The Morgan fingerprint density at radius 3 is 2.07 bits per heavy atom. The maximum atomic E-state index is 12.3. The van der Waals surface area contributed by atoms with Crippen molar-refractivity contribution in [3.63, 3.8) is 0 Å². The number of hydrogen-bond donors (Lipinski definition) is 3. The van der Waals surface area contributed by atoms with Crippen molar-refractivity contribution in [3.8, 4) is 0 Å². The van der Waals surface area contributed by atoms with Gasteiger partial charge in [-0.25, -0.2) is 13.1 Å². The maximum absolute atomic E-state index is 12.3. The third kappa shape index (κ3) is 6.99. The summed E-state index contributed by atoms with van der Waals surface area (Å²) in [6.45, 7) is 6.13. The molecule has 0 saturated heterocycles. The first-order valence-electron chi connectivity index (χ1n) is 9.30. The zero-order valence-corrected chi connectivity index (χ0v) is 17.7. The number of benzene rings is 2. The molecule has 2 rings (SSSR count). The van der Waals surface area contributed by atoms with E-state index < -0.39 is 15.9 Å². The molecular weight excluding hydrogens is 390 g/mol. The topological polar surface area (TPSA) is 104 Å². The average Bonchev–Trinajstić information content (AvgIpc) is 2.69. The summed E-state index contributed by atoms with van der Waals surface area (Å²) in [5.74, 6) is -0.747. The van der Waals surface area contributed by atoms with Crippen LogP contribution in [0.25, 0.3) is 0 Å². The Hall–Kier alpha value is -2.71. The van der Waals surface area contributed by atoms with Gasteiger partial charge in [-0.05, 0) is 35.2 Å². The van der Waals surface area contributed by atoms with E-state index in [0.717, 1.165) is 5.56 Å². The Bertz CT molecular complexity index is 934. The normalized spacial score (nSPS) is 11.7. The lowest BCUT2D eigenvalue weighted by Crippen LogP contribution is -2.40. The third-order valence-electron chi connectivity index (χ3n) is 4.22. The molecule has 0 aliphatic heterocycles. The van der Waals surface area contributed by atoms with E-state index in [1.165, 1.54) is 0 Å². The second-order valence-corrected chi connectivity index (χ2v) is 9.34. The molecule has 29 heavy (non-hydrogen) atoms. The Balaban J connectivity index is 1.74. The van der Waals surface area contributed by atoms with E-state index in [1.54, 1.807) is 54.6 Å². The highest BCUT2D eigenvalue weighted by Gasteiger charge is 2.17. The van der Waals surface area contributed by atoms with Crippen LogP contribution in [0.2, 0.25) is 0 Å². The molecule has 8 heteroatoms. The quantitative estimate of drug-likeness (QED) is 0.570. The molecule has 0 unspecified atom stereocenters.